The van der Waals surface area contributed by atoms with Crippen molar-refractivity contribution in [3.05, 3.63) is 35.7 Å². The van der Waals surface area contributed by atoms with Gasteiger partial charge in [-0.3, -0.25) is 5.21 Å². The molecule has 0 aliphatic carbocycles. The van der Waals surface area contributed by atoms with Crippen LogP contribution in [0, 0.1) is 0 Å². The highest BCUT2D eigenvalue weighted by Crippen LogP contribution is 2.34. The zero-order valence-corrected chi connectivity index (χ0v) is 11.0. The van der Waals surface area contributed by atoms with Gasteiger partial charge in [-0.15, -0.1) is 5.10 Å². The largest absolute Gasteiger partial charge is 0.480 e. The fourth-order valence-corrected chi connectivity index (χ4v) is 2.49. The molecule has 0 fully saturated rings. The van der Waals surface area contributed by atoms with Crippen molar-refractivity contribution in [2.24, 2.45) is 0 Å². The monoisotopic (exact) mass is 290 g/mol. The average molecular weight is 290 g/mol. The highest BCUT2D eigenvalue weighted by molar-refractivity contribution is 5.82. The van der Waals surface area contributed by atoms with E-state index in [1.54, 1.807) is 24.4 Å². The van der Waals surface area contributed by atoms with Gasteiger partial charge in [-0.25, -0.2) is 14.5 Å². The van der Waals surface area contributed by atoms with Crippen LogP contribution in [0.15, 0.2) is 24.4 Å². The molecule has 1 aromatic heterocycles. The summed E-state index contributed by atoms with van der Waals surface area (Å²) in [5, 5.41) is 36.7. The summed E-state index contributed by atoms with van der Waals surface area (Å²) in [7, 11) is 0. The maximum Gasteiger partial charge on any atom is 0.329 e. The SMILES string of the molecule is O=C(O)C1Cc2c(cccc2-n2cc(CCO)nn2)N1O. The molecule has 21 heavy (non-hydrogen) atoms. The second-order valence-corrected chi connectivity index (χ2v) is 4.81. The van der Waals surface area contributed by atoms with E-state index in [1.165, 1.54) is 4.68 Å². The van der Waals surface area contributed by atoms with E-state index in [-0.39, 0.29) is 13.0 Å². The van der Waals surface area contributed by atoms with Crippen LogP contribution in [-0.4, -0.2) is 49.0 Å². The van der Waals surface area contributed by atoms with Gasteiger partial charge in [0.25, 0.3) is 0 Å². The molecule has 3 rings (SSSR count). The first-order chi connectivity index (χ1) is 10.1. The van der Waals surface area contributed by atoms with E-state index in [2.05, 4.69) is 10.3 Å². The lowest BCUT2D eigenvalue weighted by molar-refractivity contribution is -0.139. The molecule has 2 aromatic rings. The van der Waals surface area contributed by atoms with Crippen molar-refractivity contribution in [2.45, 2.75) is 18.9 Å². The van der Waals surface area contributed by atoms with Crippen LogP contribution in [0.4, 0.5) is 5.69 Å². The highest BCUT2D eigenvalue weighted by atomic mass is 16.5. The van der Waals surface area contributed by atoms with E-state index < -0.39 is 12.0 Å². The number of aromatic nitrogens is 3. The number of rotatable bonds is 4. The molecule has 0 spiro atoms. The zero-order valence-electron chi connectivity index (χ0n) is 11.0. The molecule has 8 nitrogen and oxygen atoms in total. The first-order valence-electron chi connectivity index (χ1n) is 6.47. The number of hydrogen-bond donors (Lipinski definition) is 3. The Bertz CT molecular complexity index is 685. The Morgan fingerprint density at radius 2 is 2.14 bits per heavy atom. The number of carbonyl (C=O) groups is 1. The molecule has 110 valence electrons. The normalized spacial score (nSPS) is 17.0. The van der Waals surface area contributed by atoms with Crippen LogP contribution < -0.4 is 5.06 Å². The summed E-state index contributed by atoms with van der Waals surface area (Å²) >= 11 is 0. The Kier molecular flexibility index (Phi) is 3.32. The van der Waals surface area contributed by atoms with Crippen molar-refractivity contribution in [3.63, 3.8) is 0 Å². The van der Waals surface area contributed by atoms with Gasteiger partial charge < -0.3 is 10.2 Å². The van der Waals surface area contributed by atoms with E-state index in [9.17, 15) is 10.0 Å². The van der Waals surface area contributed by atoms with Crippen LogP contribution >= 0.6 is 0 Å². The fraction of sp³-hybridized carbons (Fsp3) is 0.308. The molecule has 1 aliphatic heterocycles. The summed E-state index contributed by atoms with van der Waals surface area (Å²) in [6.45, 7) is -0.0168. The highest BCUT2D eigenvalue weighted by Gasteiger charge is 2.35. The summed E-state index contributed by atoms with van der Waals surface area (Å²) in [4.78, 5) is 11.2. The summed E-state index contributed by atoms with van der Waals surface area (Å²) in [5.74, 6) is -1.08. The van der Waals surface area contributed by atoms with E-state index in [0.29, 0.717) is 29.1 Å². The summed E-state index contributed by atoms with van der Waals surface area (Å²) in [5.41, 5.74) is 2.47. The van der Waals surface area contributed by atoms with Gasteiger partial charge >= 0.3 is 5.97 Å². The molecule has 1 atom stereocenters. The Hall–Kier alpha value is -2.45. The minimum Gasteiger partial charge on any atom is -0.480 e. The van der Waals surface area contributed by atoms with Crippen molar-refractivity contribution >= 4 is 11.7 Å². The number of carboxylic acid groups (broad SMARTS) is 1. The van der Waals surface area contributed by atoms with Gasteiger partial charge in [0.1, 0.15) is 0 Å². The van der Waals surface area contributed by atoms with Gasteiger partial charge in [0.05, 0.1) is 23.3 Å². The lowest BCUT2D eigenvalue weighted by atomic mass is 10.1. The Morgan fingerprint density at radius 3 is 2.86 bits per heavy atom. The lowest BCUT2D eigenvalue weighted by Gasteiger charge is -2.15. The number of benzene rings is 1. The molecule has 0 amide bonds. The second-order valence-electron chi connectivity index (χ2n) is 4.81. The summed E-state index contributed by atoms with van der Waals surface area (Å²) in [6, 6.07) is 4.16. The molecule has 0 saturated heterocycles. The number of carboxylic acids is 1. The molecule has 0 bridgehead atoms. The molecular formula is C13H14N4O4. The topological polar surface area (TPSA) is 112 Å². The van der Waals surface area contributed by atoms with E-state index in [4.69, 9.17) is 10.2 Å². The van der Waals surface area contributed by atoms with E-state index in [1.807, 2.05) is 0 Å². The average Bonchev–Trinajstić information content (AvgIpc) is 3.04. The molecule has 1 aliphatic rings. The lowest BCUT2D eigenvalue weighted by Crippen LogP contribution is -2.35. The number of aliphatic hydroxyl groups is 1. The van der Waals surface area contributed by atoms with Crippen molar-refractivity contribution in [3.8, 4) is 5.69 Å². The third kappa shape index (κ3) is 2.24. The fourth-order valence-electron chi connectivity index (χ4n) is 2.49. The van der Waals surface area contributed by atoms with Gasteiger partial charge in [-0.2, -0.15) is 0 Å². The predicted molar refractivity (Wildman–Crippen MR) is 71.5 cm³/mol. The maximum atomic E-state index is 11.2. The number of aliphatic hydroxyl groups excluding tert-OH is 1. The van der Waals surface area contributed by atoms with Crippen molar-refractivity contribution in [2.75, 3.05) is 11.7 Å². The smallest absolute Gasteiger partial charge is 0.329 e. The Labute approximate surface area is 119 Å². The number of hydrogen-bond acceptors (Lipinski definition) is 6. The number of anilines is 1. The van der Waals surface area contributed by atoms with Crippen molar-refractivity contribution in [1.82, 2.24) is 15.0 Å². The van der Waals surface area contributed by atoms with E-state index in [0.717, 1.165) is 5.06 Å². The van der Waals surface area contributed by atoms with Crippen LogP contribution in [0.3, 0.4) is 0 Å². The third-order valence-corrected chi connectivity index (χ3v) is 3.51. The molecule has 1 aromatic carbocycles. The molecular weight excluding hydrogens is 276 g/mol. The number of nitrogens with zero attached hydrogens (tertiary/aromatic N) is 4. The Morgan fingerprint density at radius 1 is 1.38 bits per heavy atom. The van der Waals surface area contributed by atoms with E-state index >= 15 is 0 Å². The van der Waals surface area contributed by atoms with Crippen molar-refractivity contribution in [1.29, 1.82) is 0 Å². The van der Waals surface area contributed by atoms with Crippen LogP contribution in [0.2, 0.25) is 0 Å². The van der Waals surface area contributed by atoms with Crippen LogP contribution in [0.5, 0.6) is 0 Å². The van der Waals surface area contributed by atoms with Gasteiger partial charge in [0.2, 0.25) is 0 Å². The number of hydroxylamine groups is 1. The molecule has 0 radical (unpaired) electrons. The molecule has 0 saturated carbocycles. The van der Waals surface area contributed by atoms with Gasteiger partial charge in [0.15, 0.2) is 6.04 Å². The number of aliphatic carboxylic acids is 1. The minimum atomic E-state index is -1.08. The maximum absolute atomic E-state index is 11.2. The van der Waals surface area contributed by atoms with Crippen LogP contribution in [0.1, 0.15) is 11.3 Å². The first-order valence-corrected chi connectivity index (χ1v) is 6.47. The first kappa shape index (κ1) is 13.5. The standard InChI is InChI=1S/C13H14N4O4/c18-5-4-8-7-16(15-14-8)10-2-1-3-11-9(10)6-12(13(19)20)17(11)21/h1-3,7,12,18,21H,4-6H2,(H,19,20). The van der Waals surface area contributed by atoms with Crippen LogP contribution in [-0.2, 0) is 17.6 Å². The summed E-state index contributed by atoms with van der Waals surface area (Å²) in [6.07, 6.45) is 2.27. The number of fused-ring (bicyclic) bond motifs is 1. The molecule has 1 unspecified atom stereocenters. The minimum absolute atomic E-state index is 0.0168. The van der Waals surface area contributed by atoms with Gasteiger partial charge in [-0.05, 0) is 12.1 Å². The predicted octanol–water partition coefficient (Wildman–Crippen LogP) is 0.00700. The zero-order chi connectivity index (χ0) is 15.0. The second kappa shape index (κ2) is 5.15. The van der Waals surface area contributed by atoms with Crippen LogP contribution in [0.25, 0.3) is 5.69 Å². The molecule has 3 N–H and O–H groups in total. The quantitative estimate of drug-likeness (QED) is 0.727. The van der Waals surface area contributed by atoms with Gasteiger partial charge in [-0.1, -0.05) is 11.3 Å². The summed E-state index contributed by atoms with van der Waals surface area (Å²) < 4.78 is 1.53. The molecule has 2 heterocycles. The third-order valence-electron chi connectivity index (χ3n) is 3.51. The molecule has 8 heteroatoms. The Balaban J connectivity index is 2.01. The van der Waals surface area contributed by atoms with Gasteiger partial charge in [0, 0.05) is 25.0 Å². The van der Waals surface area contributed by atoms with Crippen molar-refractivity contribution < 1.29 is 20.2 Å².